The highest BCUT2D eigenvalue weighted by molar-refractivity contribution is 5.83. The largest absolute Gasteiger partial charge is 0.379 e. The molecule has 2 saturated heterocycles. The highest BCUT2D eigenvalue weighted by Crippen LogP contribution is 2.43. The van der Waals surface area contributed by atoms with Gasteiger partial charge in [-0.15, -0.1) is 0 Å². The lowest BCUT2D eigenvalue weighted by molar-refractivity contribution is -0.134. The summed E-state index contributed by atoms with van der Waals surface area (Å²) in [5.41, 5.74) is -0.116. The zero-order valence-electron chi connectivity index (χ0n) is 13.2. The molecule has 1 unspecified atom stereocenters. The van der Waals surface area contributed by atoms with Crippen LogP contribution in [0, 0.1) is 11.3 Å². The van der Waals surface area contributed by atoms with Gasteiger partial charge in [-0.2, -0.15) is 0 Å². The lowest BCUT2D eigenvalue weighted by Gasteiger charge is -2.38. The maximum Gasteiger partial charge on any atom is 0.227 e. The number of ether oxygens (including phenoxy) is 1. The molecule has 120 valence electrons. The summed E-state index contributed by atoms with van der Waals surface area (Å²) >= 11 is 0. The van der Waals surface area contributed by atoms with Crippen molar-refractivity contribution < 1.29 is 9.53 Å². The van der Waals surface area contributed by atoms with Gasteiger partial charge >= 0.3 is 0 Å². The average Bonchev–Trinajstić information content (AvgIpc) is 2.94. The van der Waals surface area contributed by atoms with Gasteiger partial charge in [-0.25, -0.2) is 0 Å². The lowest BCUT2D eigenvalue weighted by Crippen LogP contribution is -2.51. The number of rotatable bonds is 4. The van der Waals surface area contributed by atoms with E-state index in [1.54, 1.807) is 0 Å². The number of nitrogens with zero attached hydrogens (tertiary/aromatic N) is 1. The summed E-state index contributed by atoms with van der Waals surface area (Å²) in [6.07, 6.45) is 4.75. The minimum atomic E-state index is -0.116. The van der Waals surface area contributed by atoms with Crippen LogP contribution in [0.2, 0.25) is 0 Å². The van der Waals surface area contributed by atoms with E-state index in [-0.39, 0.29) is 11.3 Å². The van der Waals surface area contributed by atoms with Crippen LogP contribution in [0.5, 0.6) is 0 Å². The standard InChI is InChI=1S/C16H29N3O2/c1-13-11-21-9-8-19(13)7-6-18-15(20)16-5-3-2-4-14(16)10-17-12-16/h13-14,17H,2-12H2,1H3,(H,18,20)/t13?,14-,16+/m0/s1. The Balaban J connectivity index is 1.49. The second kappa shape index (κ2) is 6.63. The molecule has 0 aromatic carbocycles. The molecule has 2 heterocycles. The molecule has 3 atom stereocenters. The van der Waals surface area contributed by atoms with Crippen LogP contribution in [0.4, 0.5) is 0 Å². The molecule has 0 bridgehead atoms. The third-order valence-electron chi connectivity index (χ3n) is 5.68. The monoisotopic (exact) mass is 295 g/mol. The van der Waals surface area contributed by atoms with Gasteiger partial charge in [-0.05, 0) is 32.2 Å². The number of amides is 1. The van der Waals surface area contributed by atoms with Crippen molar-refractivity contribution in [3.63, 3.8) is 0 Å². The van der Waals surface area contributed by atoms with Crippen LogP contribution in [0.1, 0.15) is 32.6 Å². The number of carbonyl (C=O) groups excluding carboxylic acids is 1. The summed E-state index contributed by atoms with van der Waals surface area (Å²) in [7, 11) is 0. The quantitative estimate of drug-likeness (QED) is 0.798. The smallest absolute Gasteiger partial charge is 0.227 e. The fourth-order valence-electron chi connectivity index (χ4n) is 4.27. The van der Waals surface area contributed by atoms with Crippen LogP contribution in [-0.4, -0.2) is 62.8 Å². The summed E-state index contributed by atoms with van der Waals surface area (Å²) in [4.78, 5) is 15.1. The first-order chi connectivity index (χ1) is 10.2. The Morgan fingerprint density at radius 2 is 2.38 bits per heavy atom. The molecule has 5 heteroatoms. The molecule has 3 rings (SSSR count). The highest BCUT2D eigenvalue weighted by Gasteiger charge is 2.49. The Morgan fingerprint density at radius 3 is 3.24 bits per heavy atom. The maximum absolute atomic E-state index is 12.7. The molecular formula is C16H29N3O2. The Bertz CT molecular complexity index is 377. The molecule has 3 aliphatic rings. The Labute approximate surface area is 127 Å². The fraction of sp³-hybridized carbons (Fsp3) is 0.938. The number of hydrogen-bond acceptors (Lipinski definition) is 4. The molecule has 2 N–H and O–H groups in total. The van der Waals surface area contributed by atoms with Crippen LogP contribution in [0.25, 0.3) is 0 Å². The van der Waals surface area contributed by atoms with Gasteiger partial charge in [0, 0.05) is 32.2 Å². The number of nitrogens with one attached hydrogen (secondary N) is 2. The number of hydrogen-bond donors (Lipinski definition) is 2. The second-order valence-corrected chi connectivity index (χ2v) is 6.95. The molecule has 0 aromatic rings. The summed E-state index contributed by atoms with van der Waals surface area (Å²) in [6.45, 7) is 8.38. The summed E-state index contributed by atoms with van der Waals surface area (Å²) in [5, 5.41) is 6.67. The van der Waals surface area contributed by atoms with E-state index in [9.17, 15) is 4.79 Å². The van der Waals surface area contributed by atoms with Gasteiger partial charge in [0.15, 0.2) is 0 Å². The highest BCUT2D eigenvalue weighted by atomic mass is 16.5. The third kappa shape index (κ3) is 3.10. The normalized spacial score (nSPS) is 37.2. The third-order valence-corrected chi connectivity index (χ3v) is 5.68. The molecule has 2 aliphatic heterocycles. The van der Waals surface area contributed by atoms with Crippen molar-refractivity contribution in [2.75, 3.05) is 45.9 Å². The predicted octanol–water partition coefficient (Wildman–Crippen LogP) is 0.603. The average molecular weight is 295 g/mol. The van der Waals surface area contributed by atoms with Crippen molar-refractivity contribution in [2.45, 2.75) is 38.6 Å². The topological polar surface area (TPSA) is 53.6 Å². The molecule has 0 spiro atoms. The molecule has 21 heavy (non-hydrogen) atoms. The van der Waals surface area contributed by atoms with Crippen molar-refractivity contribution in [3.05, 3.63) is 0 Å². The first-order valence-electron chi connectivity index (χ1n) is 8.53. The lowest BCUT2D eigenvalue weighted by atomic mass is 9.67. The van der Waals surface area contributed by atoms with E-state index in [0.717, 1.165) is 52.4 Å². The first-order valence-corrected chi connectivity index (χ1v) is 8.53. The Kier molecular flexibility index (Phi) is 4.82. The van der Waals surface area contributed by atoms with Gasteiger partial charge in [0.25, 0.3) is 0 Å². The van der Waals surface area contributed by atoms with E-state index in [0.29, 0.717) is 12.0 Å². The SMILES string of the molecule is CC1COCCN1CCNC(=O)[C@@]12CCCC[C@H]1CNC2. The van der Waals surface area contributed by atoms with Crippen molar-refractivity contribution >= 4 is 5.91 Å². The molecule has 1 amide bonds. The molecule has 5 nitrogen and oxygen atoms in total. The Hall–Kier alpha value is -0.650. The molecule has 0 radical (unpaired) electrons. The molecule has 1 aliphatic carbocycles. The molecular weight excluding hydrogens is 266 g/mol. The number of carbonyl (C=O) groups is 1. The van der Waals surface area contributed by atoms with Crippen LogP contribution in [0.3, 0.4) is 0 Å². The van der Waals surface area contributed by atoms with Crippen LogP contribution >= 0.6 is 0 Å². The van der Waals surface area contributed by atoms with E-state index >= 15 is 0 Å². The minimum absolute atomic E-state index is 0.116. The predicted molar refractivity (Wildman–Crippen MR) is 82.1 cm³/mol. The van der Waals surface area contributed by atoms with Gasteiger partial charge < -0.3 is 15.4 Å². The summed E-state index contributed by atoms with van der Waals surface area (Å²) in [6, 6.07) is 0.462. The molecule has 1 saturated carbocycles. The van der Waals surface area contributed by atoms with Crippen molar-refractivity contribution in [1.82, 2.24) is 15.5 Å². The van der Waals surface area contributed by atoms with Crippen molar-refractivity contribution in [1.29, 1.82) is 0 Å². The number of morpholine rings is 1. The van der Waals surface area contributed by atoms with Gasteiger partial charge in [-0.3, -0.25) is 9.69 Å². The Morgan fingerprint density at radius 1 is 1.48 bits per heavy atom. The van der Waals surface area contributed by atoms with Gasteiger partial charge in [0.05, 0.1) is 18.6 Å². The number of fused-ring (bicyclic) bond motifs is 1. The minimum Gasteiger partial charge on any atom is -0.379 e. The van der Waals surface area contributed by atoms with E-state index in [4.69, 9.17) is 4.74 Å². The van der Waals surface area contributed by atoms with E-state index in [2.05, 4.69) is 22.5 Å². The first kappa shape index (κ1) is 15.3. The van der Waals surface area contributed by atoms with Crippen LogP contribution in [0.15, 0.2) is 0 Å². The molecule has 3 fully saturated rings. The van der Waals surface area contributed by atoms with Crippen molar-refractivity contribution in [3.8, 4) is 0 Å². The van der Waals surface area contributed by atoms with E-state index < -0.39 is 0 Å². The van der Waals surface area contributed by atoms with E-state index in [1.807, 2.05) is 0 Å². The van der Waals surface area contributed by atoms with Crippen LogP contribution in [-0.2, 0) is 9.53 Å². The summed E-state index contributed by atoms with van der Waals surface area (Å²) < 4.78 is 5.45. The zero-order chi connectivity index (χ0) is 14.7. The van der Waals surface area contributed by atoms with Gasteiger partial charge in [0.2, 0.25) is 5.91 Å². The van der Waals surface area contributed by atoms with Gasteiger partial charge in [-0.1, -0.05) is 12.8 Å². The van der Waals surface area contributed by atoms with Gasteiger partial charge in [0.1, 0.15) is 0 Å². The zero-order valence-corrected chi connectivity index (χ0v) is 13.2. The summed E-state index contributed by atoms with van der Waals surface area (Å²) in [5.74, 6) is 0.840. The van der Waals surface area contributed by atoms with Crippen LogP contribution < -0.4 is 10.6 Å². The van der Waals surface area contributed by atoms with E-state index in [1.165, 1.54) is 19.3 Å². The fourth-order valence-corrected chi connectivity index (χ4v) is 4.27. The maximum atomic E-state index is 12.7. The second-order valence-electron chi connectivity index (χ2n) is 6.95. The molecule has 0 aromatic heterocycles. The van der Waals surface area contributed by atoms with Crippen molar-refractivity contribution in [2.24, 2.45) is 11.3 Å².